The van der Waals surface area contributed by atoms with E-state index in [2.05, 4.69) is 20.6 Å². The standard InChI is InChI=1S/C19H22F3N5O/c20-19(21,22)15-12-24-18(25-14-6-9-23-10-7-14)26-17(15)27-16(8-11-28-27)13-4-2-1-3-5-13/h1-5,12,14,16,23H,6-11H2,(H,24,25,26). The molecule has 2 N–H and O–H groups in total. The molecule has 9 heteroatoms. The molecule has 1 aromatic carbocycles. The third-order valence-electron chi connectivity index (χ3n) is 5.04. The minimum absolute atomic E-state index is 0.134. The van der Waals surface area contributed by atoms with Crippen LogP contribution >= 0.6 is 0 Å². The molecule has 2 aliphatic heterocycles. The number of halogens is 3. The van der Waals surface area contributed by atoms with Crippen LogP contribution < -0.4 is 15.7 Å². The Morgan fingerprint density at radius 2 is 1.86 bits per heavy atom. The van der Waals surface area contributed by atoms with Gasteiger partial charge >= 0.3 is 6.18 Å². The molecule has 1 atom stereocenters. The number of hydrogen-bond donors (Lipinski definition) is 2. The summed E-state index contributed by atoms with van der Waals surface area (Å²) in [5.41, 5.74) is -0.00853. The first kappa shape index (κ1) is 18.9. The number of aromatic nitrogens is 2. The van der Waals surface area contributed by atoms with Gasteiger partial charge in [-0.3, -0.25) is 4.84 Å². The number of anilines is 2. The van der Waals surface area contributed by atoms with Crippen LogP contribution in [0.25, 0.3) is 0 Å². The molecular weight excluding hydrogens is 371 g/mol. The van der Waals surface area contributed by atoms with Crippen LogP contribution in [-0.2, 0) is 11.0 Å². The molecule has 4 rings (SSSR count). The van der Waals surface area contributed by atoms with Gasteiger partial charge in [0.2, 0.25) is 5.95 Å². The lowest BCUT2D eigenvalue weighted by Crippen LogP contribution is -2.36. The van der Waals surface area contributed by atoms with E-state index >= 15 is 0 Å². The van der Waals surface area contributed by atoms with Gasteiger partial charge in [-0.1, -0.05) is 30.3 Å². The van der Waals surface area contributed by atoms with Gasteiger partial charge in [0, 0.05) is 18.7 Å². The first-order valence-electron chi connectivity index (χ1n) is 9.41. The Hall–Kier alpha value is -2.39. The van der Waals surface area contributed by atoms with Crippen molar-refractivity contribution in [2.45, 2.75) is 37.5 Å². The zero-order chi connectivity index (χ0) is 19.6. The minimum Gasteiger partial charge on any atom is -0.351 e. The third-order valence-corrected chi connectivity index (χ3v) is 5.04. The second kappa shape index (κ2) is 7.92. The fraction of sp³-hybridized carbons (Fsp3) is 0.474. The second-order valence-electron chi connectivity index (χ2n) is 6.97. The first-order chi connectivity index (χ1) is 13.5. The van der Waals surface area contributed by atoms with E-state index in [-0.39, 0.29) is 23.8 Å². The highest BCUT2D eigenvalue weighted by atomic mass is 19.4. The molecule has 6 nitrogen and oxygen atoms in total. The SMILES string of the molecule is FC(F)(F)c1cnc(NC2CCNCC2)nc1N1OCCC1c1ccccc1. The lowest BCUT2D eigenvalue weighted by Gasteiger charge is -2.28. The number of benzene rings is 1. The van der Waals surface area contributed by atoms with Crippen molar-refractivity contribution in [1.82, 2.24) is 15.3 Å². The third kappa shape index (κ3) is 4.05. The monoisotopic (exact) mass is 393 g/mol. The van der Waals surface area contributed by atoms with Gasteiger partial charge in [-0.05, 0) is 31.5 Å². The lowest BCUT2D eigenvalue weighted by molar-refractivity contribution is -0.138. The Morgan fingerprint density at radius 1 is 1.11 bits per heavy atom. The Labute approximate surface area is 161 Å². The van der Waals surface area contributed by atoms with Gasteiger partial charge < -0.3 is 10.6 Å². The summed E-state index contributed by atoms with van der Waals surface area (Å²) in [7, 11) is 0. The van der Waals surface area contributed by atoms with Crippen LogP contribution in [0.3, 0.4) is 0 Å². The van der Waals surface area contributed by atoms with Gasteiger partial charge in [-0.2, -0.15) is 18.2 Å². The maximum Gasteiger partial charge on any atom is 0.421 e. The van der Waals surface area contributed by atoms with Gasteiger partial charge in [-0.15, -0.1) is 0 Å². The molecule has 2 fully saturated rings. The summed E-state index contributed by atoms with van der Waals surface area (Å²) < 4.78 is 40.9. The number of rotatable bonds is 4. The van der Waals surface area contributed by atoms with E-state index in [0.717, 1.165) is 37.7 Å². The normalized spacial score (nSPS) is 21.1. The number of piperidine rings is 1. The van der Waals surface area contributed by atoms with Crippen LogP contribution in [0, 0.1) is 0 Å². The molecule has 0 aliphatic carbocycles. The van der Waals surface area contributed by atoms with E-state index < -0.39 is 11.7 Å². The fourth-order valence-corrected chi connectivity index (χ4v) is 3.62. The zero-order valence-electron chi connectivity index (χ0n) is 15.2. The number of nitrogens with zero attached hydrogens (tertiary/aromatic N) is 3. The van der Waals surface area contributed by atoms with Gasteiger partial charge in [0.15, 0.2) is 5.82 Å². The van der Waals surface area contributed by atoms with Crippen LogP contribution in [0.2, 0.25) is 0 Å². The summed E-state index contributed by atoms with van der Waals surface area (Å²) in [4.78, 5) is 13.7. The van der Waals surface area contributed by atoms with Crippen molar-refractivity contribution < 1.29 is 18.0 Å². The second-order valence-corrected chi connectivity index (χ2v) is 6.97. The molecule has 1 unspecified atom stereocenters. The summed E-state index contributed by atoms with van der Waals surface area (Å²) in [5, 5.41) is 7.70. The van der Waals surface area contributed by atoms with E-state index in [9.17, 15) is 13.2 Å². The van der Waals surface area contributed by atoms with Crippen LogP contribution in [0.15, 0.2) is 36.5 Å². The van der Waals surface area contributed by atoms with Crippen molar-refractivity contribution in [1.29, 1.82) is 0 Å². The van der Waals surface area contributed by atoms with E-state index in [1.165, 1.54) is 5.06 Å². The van der Waals surface area contributed by atoms with Crippen LogP contribution in [0.4, 0.5) is 24.9 Å². The van der Waals surface area contributed by atoms with Crippen molar-refractivity contribution in [2.24, 2.45) is 0 Å². The van der Waals surface area contributed by atoms with Gasteiger partial charge in [0.25, 0.3) is 0 Å². The highest BCUT2D eigenvalue weighted by Crippen LogP contribution is 2.41. The van der Waals surface area contributed by atoms with E-state index in [4.69, 9.17) is 4.84 Å². The molecule has 28 heavy (non-hydrogen) atoms. The molecule has 0 saturated carbocycles. The summed E-state index contributed by atoms with van der Waals surface area (Å²) >= 11 is 0. The maximum atomic E-state index is 13.6. The molecule has 0 spiro atoms. The Bertz CT molecular complexity index is 796. The summed E-state index contributed by atoms with van der Waals surface area (Å²) in [6.45, 7) is 2.05. The number of alkyl halides is 3. The van der Waals surface area contributed by atoms with Crippen molar-refractivity contribution in [2.75, 3.05) is 30.1 Å². The number of nitrogens with one attached hydrogen (secondary N) is 2. The molecule has 1 aromatic heterocycles. The molecule has 0 radical (unpaired) electrons. The molecule has 0 amide bonds. The van der Waals surface area contributed by atoms with Crippen LogP contribution in [0.1, 0.15) is 36.4 Å². The molecule has 150 valence electrons. The summed E-state index contributed by atoms with van der Waals surface area (Å²) in [6, 6.07) is 9.17. The molecule has 2 saturated heterocycles. The zero-order valence-corrected chi connectivity index (χ0v) is 15.2. The van der Waals surface area contributed by atoms with Crippen LogP contribution in [-0.4, -0.2) is 35.7 Å². The average molecular weight is 393 g/mol. The average Bonchev–Trinajstić information content (AvgIpc) is 3.18. The fourth-order valence-electron chi connectivity index (χ4n) is 3.62. The molecule has 2 aromatic rings. The molecule has 2 aliphatic rings. The van der Waals surface area contributed by atoms with E-state index in [1.807, 2.05) is 30.3 Å². The van der Waals surface area contributed by atoms with E-state index in [0.29, 0.717) is 13.0 Å². The highest BCUT2D eigenvalue weighted by molar-refractivity contribution is 5.51. The number of hydroxylamine groups is 1. The molecule has 0 bridgehead atoms. The first-order valence-corrected chi connectivity index (χ1v) is 9.41. The molecular formula is C19H22F3N5O. The Kier molecular flexibility index (Phi) is 5.36. The Morgan fingerprint density at radius 3 is 2.57 bits per heavy atom. The highest BCUT2D eigenvalue weighted by Gasteiger charge is 2.40. The van der Waals surface area contributed by atoms with E-state index in [1.54, 1.807) is 0 Å². The van der Waals surface area contributed by atoms with Gasteiger partial charge in [0.1, 0.15) is 5.56 Å². The van der Waals surface area contributed by atoms with Gasteiger partial charge in [0.05, 0.1) is 12.6 Å². The van der Waals surface area contributed by atoms with Crippen LogP contribution in [0.5, 0.6) is 0 Å². The smallest absolute Gasteiger partial charge is 0.351 e. The predicted molar refractivity (Wildman–Crippen MR) is 98.8 cm³/mol. The van der Waals surface area contributed by atoms with Crippen molar-refractivity contribution in [3.8, 4) is 0 Å². The number of hydrogen-bond acceptors (Lipinski definition) is 6. The van der Waals surface area contributed by atoms with Gasteiger partial charge in [-0.25, -0.2) is 10.0 Å². The predicted octanol–water partition coefficient (Wildman–Crippen LogP) is 3.54. The maximum absolute atomic E-state index is 13.6. The van der Waals surface area contributed by atoms with Crippen molar-refractivity contribution in [3.05, 3.63) is 47.7 Å². The minimum atomic E-state index is -4.57. The summed E-state index contributed by atoms with van der Waals surface area (Å²) in [6.07, 6.45) is -1.41. The largest absolute Gasteiger partial charge is 0.421 e. The molecule has 3 heterocycles. The summed E-state index contributed by atoms with van der Waals surface area (Å²) in [5.74, 6) is -0.0532. The Balaban J connectivity index is 1.67. The lowest BCUT2D eigenvalue weighted by atomic mass is 10.0. The quantitative estimate of drug-likeness (QED) is 0.829. The topological polar surface area (TPSA) is 62.3 Å². The van der Waals surface area contributed by atoms with Crippen molar-refractivity contribution in [3.63, 3.8) is 0 Å². The van der Waals surface area contributed by atoms with Crippen molar-refractivity contribution >= 4 is 11.8 Å².